The van der Waals surface area contributed by atoms with E-state index in [1.807, 2.05) is 6.92 Å². The van der Waals surface area contributed by atoms with Crippen molar-refractivity contribution >= 4 is 37.7 Å². The molecule has 0 aromatic rings. The molecule has 0 spiro atoms. The summed E-state index contributed by atoms with van der Waals surface area (Å²) in [6.45, 7) is 3.92. The average molecular weight is 131 g/mol. The molecule has 2 N–H and O–H groups in total. The van der Waals surface area contributed by atoms with Crippen molar-refractivity contribution in [1.82, 2.24) is 5.32 Å². The molecule has 0 amide bonds. The first-order valence-electron chi connectivity index (χ1n) is 2.23. The Morgan fingerprint density at radius 2 is 2.14 bits per heavy atom. The van der Waals surface area contributed by atoms with Gasteiger partial charge in [-0.1, -0.05) is 6.92 Å². The summed E-state index contributed by atoms with van der Waals surface area (Å²) >= 11 is 0. The first kappa shape index (κ1) is 11.0. The first-order chi connectivity index (χ1) is 2.91. The van der Waals surface area contributed by atoms with Crippen molar-refractivity contribution in [2.75, 3.05) is 19.7 Å². The van der Waals surface area contributed by atoms with Crippen LogP contribution in [0, 0.1) is 0 Å². The van der Waals surface area contributed by atoms with Crippen LogP contribution >= 0.6 is 0 Å². The van der Waals surface area contributed by atoms with E-state index in [0.29, 0.717) is 0 Å². The van der Waals surface area contributed by atoms with Crippen LogP contribution in [0.5, 0.6) is 0 Å². The van der Waals surface area contributed by atoms with Crippen molar-refractivity contribution in [1.29, 1.82) is 0 Å². The Balaban J connectivity index is 0. The molecular formula is C4H13CaNO. The van der Waals surface area contributed by atoms with Gasteiger partial charge in [-0.05, 0) is 6.54 Å². The van der Waals surface area contributed by atoms with E-state index in [1.165, 1.54) is 0 Å². The molecule has 0 rings (SSSR count). The van der Waals surface area contributed by atoms with Crippen LogP contribution < -0.4 is 5.32 Å². The van der Waals surface area contributed by atoms with E-state index in [2.05, 4.69) is 5.32 Å². The maximum absolute atomic E-state index is 8.13. The Morgan fingerprint density at radius 1 is 1.57 bits per heavy atom. The quantitative estimate of drug-likeness (QED) is 0.367. The van der Waals surface area contributed by atoms with Crippen molar-refractivity contribution in [3.63, 3.8) is 0 Å². The predicted molar refractivity (Wildman–Crippen MR) is 34.2 cm³/mol. The van der Waals surface area contributed by atoms with Crippen molar-refractivity contribution in [3.8, 4) is 0 Å². The van der Waals surface area contributed by atoms with Gasteiger partial charge in [0.05, 0.1) is 6.61 Å². The Bertz CT molecular complexity index is 23.7. The van der Waals surface area contributed by atoms with Gasteiger partial charge in [0.1, 0.15) is 0 Å². The SMILES string of the molecule is CCNCCO.[CaH2]. The van der Waals surface area contributed by atoms with Crippen LogP contribution in [0.15, 0.2) is 0 Å². The summed E-state index contributed by atoms with van der Waals surface area (Å²) < 4.78 is 0. The van der Waals surface area contributed by atoms with Crippen LogP contribution in [0.2, 0.25) is 0 Å². The van der Waals surface area contributed by atoms with Gasteiger partial charge in [-0.3, -0.25) is 0 Å². The summed E-state index contributed by atoms with van der Waals surface area (Å²) in [6.07, 6.45) is 0. The van der Waals surface area contributed by atoms with Crippen molar-refractivity contribution in [2.24, 2.45) is 0 Å². The molecule has 0 fully saturated rings. The number of rotatable bonds is 3. The van der Waals surface area contributed by atoms with E-state index >= 15 is 0 Å². The molecule has 0 saturated carbocycles. The molecule has 0 unspecified atom stereocenters. The minimum atomic E-state index is 0. The van der Waals surface area contributed by atoms with Gasteiger partial charge in [0.2, 0.25) is 0 Å². The third-order valence-corrected chi connectivity index (χ3v) is 0.539. The predicted octanol–water partition coefficient (Wildman–Crippen LogP) is -1.33. The monoisotopic (exact) mass is 131 g/mol. The topological polar surface area (TPSA) is 32.3 Å². The Hall–Kier alpha value is 1.18. The molecule has 0 heterocycles. The minimum absolute atomic E-state index is 0. The van der Waals surface area contributed by atoms with Crippen LogP contribution in [0.4, 0.5) is 0 Å². The molecule has 0 aliphatic heterocycles. The maximum atomic E-state index is 8.13. The molecule has 0 atom stereocenters. The van der Waals surface area contributed by atoms with Crippen molar-refractivity contribution in [2.45, 2.75) is 6.92 Å². The zero-order chi connectivity index (χ0) is 4.83. The van der Waals surface area contributed by atoms with Crippen molar-refractivity contribution in [3.05, 3.63) is 0 Å². The van der Waals surface area contributed by atoms with Crippen LogP contribution in [-0.2, 0) is 0 Å². The summed E-state index contributed by atoms with van der Waals surface area (Å²) in [6, 6.07) is 0. The second-order valence-electron chi connectivity index (χ2n) is 1.08. The van der Waals surface area contributed by atoms with Crippen LogP contribution in [0.25, 0.3) is 0 Å². The third kappa shape index (κ3) is 11.0. The van der Waals surface area contributed by atoms with Gasteiger partial charge in [-0.15, -0.1) is 0 Å². The van der Waals surface area contributed by atoms with Crippen LogP contribution in [0.1, 0.15) is 6.92 Å². The van der Waals surface area contributed by atoms with Gasteiger partial charge < -0.3 is 10.4 Å². The van der Waals surface area contributed by atoms with E-state index in [1.54, 1.807) is 0 Å². The van der Waals surface area contributed by atoms with Gasteiger partial charge >= 0.3 is 37.7 Å². The fourth-order valence-corrected chi connectivity index (χ4v) is 0.256. The number of hydrogen-bond donors (Lipinski definition) is 2. The van der Waals surface area contributed by atoms with Crippen LogP contribution in [0.3, 0.4) is 0 Å². The van der Waals surface area contributed by atoms with Gasteiger partial charge in [0, 0.05) is 6.54 Å². The molecule has 0 aliphatic rings. The number of likely N-dealkylation sites (N-methyl/N-ethyl adjacent to an activating group) is 1. The van der Waals surface area contributed by atoms with E-state index in [0.717, 1.165) is 13.1 Å². The third-order valence-electron chi connectivity index (χ3n) is 0.539. The second-order valence-corrected chi connectivity index (χ2v) is 1.08. The number of aliphatic hydroxyl groups excluding tert-OH is 1. The molecule has 42 valence electrons. The van der Waals surface area contributed by atoms with Crippen molar-refractivity contribution < 1.29 is 5.11 Å². The molecule has 3 heteroatoms. The van der Waals surface area contributed by atoms with Gasteiger partial charge in [0.15, 0.2) is 0 Å². The zero-order valence-corrected chi connectivity index (χ0v) is 4.07. The standard InChI is InChI=1S/C4H11NO.Ca.2H/c1-2-5-3-4-6;;;/h5-6H,2-4H2,1H3;;;. The van der Waals surface area contributed by atoms with Crippen LogP contribution in [-0.4, -0.2) is 62.5 Å². The Kier molecular flexibility index (Phi) is 16.1. The Labute approximate surface area is 74.3 Å². The molecule has 7 heavy (non-hydrogen) atoms. The molecule has 0 aromatic heterocycles. The number of nitrogens with one attached hydrogen (secondary N) is 1. The summed E-state index contributed by atoms with van der Waals surface area (Å²) in [7, 11) is 0. The second kappa shape index (κ2) is 10.2. The summed E-state index contributed by atoms with van der Waals surface area (Å²) in [4.78, 5) is 0. The molecule has 0 aromatic carbocycles. The van der Waals surface area contributed by atoms with E-state index in [-0.39, 0.29) is 44.3 Å². The first-order valence-corrected chi connectivity index (χ1v) is 2.23. The molecule has 2 nitrogen and oxygen atoms in total. The average Bonchev–Trinajstić information content (AvgIpc) is 1.61. The summed E-state index contributed by atoms with van der Waals surface area (Å²) in [5.41, 5.74) is 0. The molecule has 0 bridgehead atoms. The molecule has 0 saturated heterocycles. The fourth-order valence-electron chi connectivity index (χ4n) is 0.256. The van der Waals surface area contributed by atoms with E-state index in [9.17, 15) is 0 Å². The summed E-state index contributed by atoms with van der Waals surface area (Å²) in [5.74, 6) is 0. The van der Waals surface area contributed by atoms with E-state index in [4.69, 9.17) is 5.11 Å². The Morgan fingerprint density at radius 3 is 2.29 bits per heavy atom. The van der Waals surface area contributed by atoms with E-state index < -0.39 is 0 Å². The fraction of sp³-hybridized carbons (Fsp3) is 1.00. The van der Waals surface area contributed by atoms with Gasteiger partial charge in [0.25, 0.3) is 0 Å². The van der Waals surface area contributed by atoms with Gasteiger partial charge in [-0.2, -0.15) is 0 Å². The summed E-state index contributed by atoms with van der Waals surface area (Å²) in [5, 5.41) is 11.1. The number of hydrogen-bond acceptors (Lipinski definition) is 2. The normalized spacial score (nSPS) is 7.71. The number of aliphatic hydroxyl groups is 1. The molecule has 0 radical (unpaired) electrons. The van der Waals surface area contributed by atoms with Gasteiger partial charge in [-0.25, -0.2) is 0 Å². The molecule has 0 aliphatic carbocycles. The molecular weight excluding hydrogens is 118 g/mol. The zero-order valence-electron chi connectivity index (χ0n) is 4.07.